The number of likely N-dealkylation sites (N-methyl/N-ethyl adjacent to an activating group) is 1. The lowest BCUT2D eigenvalue weighted by Crippen LogP contribution is -2.22. The molecule has 2 aromatic rings. The highest BCUT2D eigenvalue weighted by molar-refractivity contribution is 6.30. The minimum absolute atomic E-state index is 0.188. The number of nitrogens with one attached hydrogen (secondary N) is 1. The van der Waals surface area contributed by atoms with Crippen LogP contribution in [0.5, 0.6) is 0 Å². The Balaban J connectivity index is 2.27. The van der Waals surface area contributed by atoms with Crippen molar-refractivity contribution in [3.63, 3.8) is 0 Å². The average molecular weight is 279 g/mol. The third-order valence-electron chi connectivity index (χ3n) is 3.35. The smallest absolute Gasteiger partial charge is 0.138 e. The van der Waals surface area contributed by atoms with Crippen LogP contribution in [0.1, 0.15) is 29.9 Å². The van der Waals surface area contributed by atoms with Crippen LogP contribution < -0.4 is 5.32 Å². The van der Waals surface area contributed by atoms with Crippen molar-refractivity contribution in [1.82, 2.24) is 20.1 Å². The molecule has 0 aliphatic carbocycles. The van der Waals surface area contributed by atoms with E-state index in [4.69, 9.17) is 11.6 Å². The van der Waals surface area contributed by atoms with Crippen molar-refractivity contribution in [3.8, 4) is 0 Å². The second-order valence-electron chi connectivity index (χ2n) is 4.54. The summed E-state index contributed by atoms with van der Waals surface area (Å²) in [7, 11) is 1.96. The fourth-order valence-corrected chi connectivity index (χ4v) is 2.43. The van der Waals surface area contributed by atoms with Crippen molar-refractivity contribution in [2.45, 2.75) is 32.9 Å². The van der Waals surface area contributed by atoms with Crippen LogP contribution in [0.3, 0.4) is 0 Å². The first kappa shape index (κ1) is 14.0. The largest absolute Gasteiger partial charge is 0.313 e. The molecule has 1 aromatic heterocycles. The second kappa shape index (κ2) is 6.17. The number of nitrogens with zero attached hydrogens (tertiary/aromatic N) is 3. The second-order valence-corrected chi connectivity index (χ2v) is 4.97. The molecule has 0 aliphatic rings. The summed E-state index contributed by atoms with van der Waals surface area (Å²) in [6.45, 7) is 5.00. The number of hydrogen-bond acceptors (Lipinski definition) is 3. The van der Waals surface area contributed by atoms with Crippen LogP contribution >= 0.6 is 11.6 Å². The van der Waals surface area contributed by atoms with Gasteiger partial charge in [0.05, 0.1) is 0 Å². The van der Waals surface area contributed by atoms with Gasteiger partial charge in [-0.3, -0.25) is 4.68 Å². The van der Waals surface area contributed by atoms with Crippen molar-refractivity contribution in [3.05, 3.63) is 46.5 Å². The summed E-state index contributed by atoms with van der Waals surface area (Å²) < 4.78 is 1.92. The molecule has 1 heterocycles. The zero-order chi connectivity index (χ0) is 13.8. The van der Waals surface area contributed by atoms with Gasteiger partial charge in [-0.1, -0.05) is 17.7 Å². The molecule has 1 atom stereocenters. The van der Waals surface area contributed by atoms with Gasteiger partial charge in [-0.15, -0.1) is 0 Å². The zero-order valence-corrected chi connectivity index (χ0v) is 12.3. The quantitative estimate of drug-likeness (QED) is 0.914. The summed E-state index contributed by atoms with van der Waals surface area (Å²) in [5, 5.41) is 8.31. The molecule has 1 unspecified atom stereocenters. The molecule has 0 spiro atoms. The van der Waals surface area contributed by atoms with Crippen molar-refractivity contribution in [1.29, 1.82) is 0 Å². The molecule has 1 N–H and O–H groups in total. The molecule has 0 amide bonds. The van der Waals surface area contributed by atoms with Crippen LogP contribution in [0.25, 0.3) is 0 Å². The maximum absolute atomic E-state index is 6.10. The first-order valence-electron chi connectivity index (χ1n) is 6.45. The van der Waals surface area contributed by atoms with Gasteiger partial charge in [-0.05, 0) is 44.2 Å². The zero-order valence-electron chi connectivity index (χ0n) is 11.5. The Morgan fingerprint density at radius 2 is 2.21 bits per heavy atom. The molecule has 0 fully saturated rings. The van der Waals surface area contributed by atoms with Gasteiger partial charge in [0.2, 0.25) is 0 Å². The first-order valence-corrected chi connectivity index (χ1v) is 6.83. The molecule has 19 heavy (non-hydrogen) atoms. The van der Waals surface area contributed by atoms with Gasteiger partial charge in [-0.25, -0.2) is 4.98 Å². The number of halogens is 1. The van der Waals surface area contributed by atoms with E-state index in [0.29, 0.717) is 0 Å². The van der Waals surface area contributed by atoms with E-state index in [1.54, 1.807) is 6.33 Å². The molecular weight excluding hydrogens is 260 g/mol. The number of aromatic nitrogens is 3. The summed E-state index contributed by atoms with van der Waals surface area (Å²) in [6.07, 6.45) is 2.40. The molecule has 0 radical (unpaired) electrons. The third-order valence-corrected chi connectivity index (χ3v) is 3.58. The van der Waals surface area contributed by atoms with Crippen LogP contribution in [-0.4, -0.2) is 21.8 Å². The number of hydrogen-bond donors (Lipinski definition) is 1. The third kappa shape index (κ3) is 3.14. The Morgan fingerprint density at radius 3 is 2.89 bits per heavy atom. The lowest BCUT2D eigenvalue weighted by molar-refractivity contribution is 0.532. The van der Waals surface area contributed by atoms with Crippen LogP contribution in [-0.2, 0) is 13.0 Å². The van der Waals surface area contributed by atoms with E-state index in [0.717, 1.165) is 23.8 Å². The summed E-state index contributed by atoms with van der Waals surface area (Å²) in [5.41, 5.74) is 2.44. The van der Waals surface area contributed by atoms with E-state index < -0.39 is 0 Å². The van der Waals surface area contributed by atoms with E-state index >= 15 is 0 Å². The van der Waals surface area contributed by atoms with Crippen LogP contribution in [0.15, 0.2) is 24.5 Å². The van der Waals surface area contributed by atoms with Gasteiger partial charge in [0.25, 0.3) is 0 Å². The molecule has 0 bridgehead atoms. The van der Waals surface area contributed by atoms with Gasteiger partial charge < -0.3 is 5.32 Å². The lowest BCUT2D eigenvalue weighted by Gasteiger charge is -2.19. The Hall–Kier alpha value is -1.39. The molecule has 0 saturated heterocycles. The van der Waals surface area contributed by atoms with Crippen molar-refractivity contribution < 1.29 is 0 Å². The monoisotopic (exact) mass is 278 g/mol. The number of aryl methyl sites for hydroxylation is 2. The van der Waals surface area contributed by atoms with E-state index in [2.05, 4.69) is 29.2 Å². The Bertz CT molecular complexity index is 550. The molecule has 0 aliphatic heterocycles. The van der Waals surface area contributed by atoms with Gasteiger partial charge >= 0.3 is 0 Å². The molecule has 0 saturated carbocycles. The predicted molar refractivity (Wildman–Crippen MR) is 77.4 cm³/mol. The number of benzene rings is 1. The Kier molecular flexibility index (Phi) is 4.56. The number of rotatable bonds is 5. The minimum Gasteiger partial charge on any atom is -0.313 e. The standard InChI is InChI=1S/C14H19ClN4/c1-4-19-14(17-9-18-19)8-13(16-3)12-7-11(15)6-5-10(12)2/h5-7,9,13,16H,4,8H2,1-3H3. The van der Waals surface area contributed by atoms with Crippen molar-refractivity contribution >= 4 is 11.6 Å². The molecule has 5 heteroatoms. The van der Waals surface area contributed by atoms with E-state index in [-0.39, 0.29) is 6.04 Å². The van der Waals surface area contributed by atoms with Crippen LogP contribution in [0, 0.1) is 6.92 Å². The predicted octanol–water partition coefficient (Wildman–Crippen LogP) is 2.76. The summed E-state index contributed by atoms with van der Waals surface area (Å²) >= 11 is 6.10. The fourth-order valence-electron chi connectivity index (χ4n) is 2.25. The summed E-state index contributed by atoms with van der Waals surface area (Å²) in [6, 6.07) is 6.17. The van der Waals surface area contributed by atoms with E-state index in [1.165, 1.54) is 11.1 Å². The maximum Gasteiger partial charge on any atom is 0.138 e. The van der Waals surface area contributed by atoms with Gasteiger partial charge in [0.15, 0.2) is 0 Å². The normalized spacial score (nSPS) is 12.6. The minimum atomic E-state index is 0.188. The first-order chi connectivity index (χ1) is 9.15. The van der Waals surface area contributed by atoms with E-state index in [1.807, 2.05) is 29.9 Å². The van der Waals surface area contributed by atoms with Gasteiger partial charge in [0, 0.05) is 24.0 Å². The molecule has 2 rings (SSSR count). The highest BCUT2D eigenvalue weighted by Gasteiger charge is 2.16. The SMILES string of the molecule is CCn1ncnc1CC(NC)c1cc(Cl)ccc1C. The molecule has 4 nitrogen and oxygen atoms in total. The van der Waals surface area contributed by atoms with Crippen molar-refractivity contribution in [2.24, 2.45) is 0 Å². The molecule has 1 aromatic carbocycles. The Labute approximate surface area is 118 Å². The van der Waals surface area contributed by atoms with Crippen LogP contribution in [0.2, 0.25) is 5.02 Å². The lowest BCUT2D eigenvalue weighted by atomic mass is 9.98. The molecular formula is C14H19ClN4. The summed E-state index contributed by atoms with van der Waals surface area (Å²) in [4.78, 5) is 4.33. The van der Waals surface area contributed by atoms with Gasteiger partial charge in [0.1, 0.15) is 12.2 Å². The highest BCUT2D eigenvalue weighted by atomic mass is 35.5. The van der Waals surface area contributed by atoms with Crippen LogP contribution in [0.4, 0.5) is 0 Å². The fraction of sp³-hybridized carbons (Fsp3) is 0.429. The highest BCUT2D eigenvalue weighted by Crippen LogP contribution is 2.24. The van der Waals surface area contributed by atoms with Gasteiger partial charge in [-0.2, -0.15) is 5.10 Å². The van der Waals surface area contributed by atoms with E-state index in [9.17, 15) is 0 Å². The Morgan fingerprint density at radius 1 is 1.42 bits per heavy atom. The van der Waals surface area contributed by atoms with Crippen molar-refractivity contribution in [2.75, 3.05) is 7.05 Å². The average Bonchev–Trinajstić information content (AvgIpc) is 2.86. The summed E-state index contributed by atoms with van der Waals surface area (Å²) in [5.74, 6) is 0.987. The molecule has 102 valence electrons. The maximum atomic E-state index is 6.10. The topological polar surface area (TPSA) is 42.7 Å².